The van der Waals surface area contributed by atoms with Crippen LogP contribution >= 0.6 is 0 Å². The number of rotatable bonds is 6. The number of phenols is 2. The first-order valence-corrected chi connectivity index (χ1v) is 6.35. The number of aldehydes is 1. The van der Waals surface area contributed by atoms with Gasteiger partial charge in [0.05, 0.1) is 23.2 Å². The van der Waals surface area contributed by atoms with Gasteiger partial charge in [-0.15, -0.1) is 0 Å². The van der Waals surface area contributed by atoms with E-state index in [1.54, 1.807) is 0 Å². The van der Waals surface area contributed by atoms with Gasteiger partial charge < -0.3 is 19.7 Å². The summed E-state index contributed by atoms with van der Waals surface area (Å²) in [6, 6.07) is 0.504. The van der Waals surface area contributed by atoms with E-state index < -0.39 is 55.9 Å². The lowest BCUT2D eigenvalue weighted by molar-refractivity contribution is -0.386. The van der Waals surface area contributed by atoms with E-state index in [4.69, 9.17) is 4.55 Å². The Bertz CT molecular complexity index is 652. The number of carbonyl (C=O) groups excluding carboxylic acids is 1. The number of nitrogens with zero attached hydrogens (tertiary/aromatic N) is 1. The summed E-state index contributed by atoms with van der Waals surface area (Å²) in [4.78, 5) is 18.6. The molecular formula is C9H9NO9S. The van der Waals surface area contributed by atoms with Crippen molar-refractivity contribution in [3.63, 3.8) is 0 Å². The molecule has 0 fully saturated rings. The second-order valence-electron chi connectivity index (χ2n) is 3.49. The van der Waals surface area contributed by atoms with Gasteiger partial charge >= 0.3 is 0 Å². The van der Waals surface area contributed by atoms with Crippen molar-refractivity contribution in [2.75, 3.05) is 6.61 Å². The van der Waals surface area contributed by atoms with Gasteiger partial charge in [0, 0.05) is 0 Å². The van der Waals surface area contributed by atoms with Crippen molar-refractivity contribution in [1.82, 2.24) is 0 Å². The van der Waals surface area contributed by atoms with Crippen LogP contribution in [0, 0.1) is 10.1 Å². The third kappa shape index (κ3) is 3.20. The number of nitro groups is 1. The Morgan fingerprint density at radius 1 is 1.40 bits per heavy atom. The third-order valence-corrected chi connectivity index (χ3v) is 3.16. The summed E-state index contributed by atoms with van der Waals surface area (Å²) in [5, 5.41) is 29.5. The number of hydrogen-bond acceptors (Lipinski definition) is 8. The van der Waals surface area contributed by atoms with E-state index in [-0.39, 0.29) is 0 Å². The molecule has 0 heterocycles. The van der Waals surface area contributed by atoms with Gasteiger partial charge in [0.25, 0.3) is 15.8 Å². The number of benzene rings is 1. The fourth-order valence-electron chi connectivity index (χ4n) is 1.45. The molecule has 10 nitrogen and oxygen atoms in total. The maximum Gasteiger partial charge on any atom is 0.298 e. The molecule has 0 spiro atoms. The number of phenolic OH excluding ortho intramolecular Hbond substituents is 2. The van der Waals surface area contributed by atoms with Crippen LogP contribution in [0.5, 0.6) is 11.5 Å². The van der Waals surface area contributed by atoms with Crippen LogP contribution < -0.4 is 0 Å². The lowest BCUT2D eigenvalue weighted by atomic mass is 10.1. The summed E-state index contributed by atoms with van der Waals surface area (Å²) in [7, 11) is -5.06. The topological polar surface area (TPSA) is 164 Å². The summed E-state index contributed by atoms with van der Waals surface area (Å²) in [6.45, 7) is -1.22. The summed E-state index contributed by atoms with van der Waals surface area (Å²) >= 11 is 0. The van der Waals surface area contributed by atoms with E-state index in [1.165, 1.54) is 0 Å². The highest BCUT2D eigenvalue weighted by Gasteiger charge is 2.31. The third-order valence-electron chi connectivity index (χ3n) is 2.20. The smallest absolute Gasteiger partial charge is 0.298 e. The molecule has 0 unspecified atom stereocenters. The molecule has 1 aromatic rings. The molecule has 3 N–H and O–H groups in total. The minimum atomic E-state index is -5.06. The van der Waals surface area contributed by atoms with Crippen molar-refractivity contribution in [1.29, 1.82) is 0 Å². The fraction of sp³-hybridized carbons (Fsp3) is 0.222. The summed E-state index contributed by atoms with van der Waals surface area (Å²) < 4.78 is 36.0. The van der Waals surface area contributed by atoms with E-state index in [2.05, 4.69) is 4.74 Å². The van der Waals surface area contributed by atoms with Crippen molar-refractivity contribution < 1.29 is 37.6 Å². The highest BCUT2D eigenvalue weighted by molar-refractivity contribution is 7.86. The van der Waals surface area contributed by atoms with Crippen LogP contribution in [0.15, 0.2) is 11.0 Å². The monoisotopic (exact) mass is 307 g/mol. The zero-order chi connectivity index (χ0) is 15.5. The Hall–Kier alpha value is -2.24. The minimum Gasteiger partial charge on any atom is -0.504 e. The molecule has 110 valence electrons. The van der Waals surface area contributed by atoms with Crippen LogP contribution in [0.2, 0.25) is 0 Å². The van der Waals surface area contributed by atoms with Crippen LogP contribution in [0.1, 0.15) is 5.56 Å². The Kier molecular flexibility index (Phi) is 4.60. The van der Waals surface area contributed by atoms with Gasteiger partial charge in [-0.3, -0.25) is 14.7 Å². The van der Waals surface area contributed by atoms with E-state index in [0.29, 0.717) is 12.4 Å². The van der Waals surface area contributed by atoms with Crippen LogP contribution in [0.4, 0.5) is 5.69 Å². The van der Waals surface area contributed by atoms with Gasteiger partial charge in [0.1, 0.15) is 12.9 Å². The molecule has 11 heteroatoms. The van der Waals surface area contributed by atoms with Crippen molar-refractivity contribution in [3.8, 4) is 11.5 Å². The van der Waals surface area contributed by atoms with Gasteiger partial charge in [-0.2, -0.15) is 8.42 Å². The highest BCUT2D eigenvalue weighted by atomic mass is 32.2. The summed E-state index contributed by atoms with van der Waals surface area (Å²) in [5.74, 6) is -2.34. The molecule has 0 saturated carbocycles. The SMILES string of the molecule is O=CCOCc1c([N+](=O)[O-])cc(O)c(O)c1S(=O)(=O)O. The van der Waals surface area contributed by atoms with Crippen LogP contribution in [-0.2, 0) is 26.3 Å². The maximum atomic E-state index is 11.2. The molecule has 0 aromatic heterocycles. The first kappa shape index (κ1) is 15.8. The molecule has 0 bridgehead atoms. The van der Waals surface area contributed by atoms with Crippen molar-refractivity contribution in [2.24, 2.45) is 0 Å². The normalized spacial score (nSPS) is 11.2. The Morgan fingerprint density at radius 2 is 2.00 bits per heavy atom. The number of ether oxygens (including phenoxy) is 1. The van der Waals surface area contributed by atoms with Gasteiger partial charge in [0.15, 0.2) is 16.4 Å². The molecular weight excluding hydrogens is 298 g/mol. The first-order valence-electron chi connectivity index (χ1n) is 4.91. The average Bonchev–Trinajstić information content (AvgIpc) is 2.31. The molecule has 0 aliphatic rings. The molecule has 1 aromatic carbocycles. The van der Waals surface area contributed by atoms with Gasteiger partial charge in [-0.1, -0.05) is 0 Å². The lowest BCUT2D eigenvalue weighted by Crippen LogP contribution is -2.09. The highest BCUT2D eigenvalue weighted by Crippen LogP contribution is 2.40. The van der Waals surface area contributed by atoms with E-state index >= 15 is 0 Å². The Labute approximate surface area is 112 Å². The standard InChI is InChI=1S/C9H9NO9S/c11-1-2-19-4-5-6(10(14)15)3-7(12)8(13)9(5)20(16,17)18/h1,3,12-13H,2,4H2,(H,16,17,18). The lowest BCUT2D eigenvalue weighted by Gasteiger charge is -2.10. The van der Waals surface area contributed by atoms with Crippen molar-refractivity contribution in [3.05, 3.63) is 21.7 Å². The average molecular weight is 307 g/mol. The Morgan fingerprint density at radius 3 is 2.45 bits per heavy atom. The zero-order valence-electron chi connectivity index (χ0n) is 9.72. The summed E-state index contributed by atoms with van der Waals surface area (Å²) in [6.07, 6.45) is 0.319. The second kappa shape index (κ2) is 5.81. The summed E-state index contributed by atoms with van der Waals surface area (Å²) in [5.41, 5.74) is -1.58. The van der Waals surface area contributed by atoms with E-state index in [1.807, 2.05) is 0 Å². The second-order valence-corrected chi connectivity index (χ2v) is 4.84. The Balaban J connectivity index is 3.59. The van der Waals surface area contributed by atoms with Crippen molar-refractivity contribution >= 4 is 22.1 Å². The van der Waals surface area contributed by atoms with Gasteiger partial charge in [-0.05, 0) is 0 Å². The molecule has 0 amide bonds. The number of aromatic hydroxyl groups is 2. The molecule has 0 aliphatic carbocycles. The number of carbonyl (C=O) groups is 1. The molecule has 1 rings (SSSR count). The minimum absolute atomic E-state index is 0.319. The largest absolute Gasteiger partial charge is 0.504 e. The van der Waals surface area contributed by atoms with Crippen LogP contribution in [0.3, 0.4) is 0 Å². The molecule has 0 radical (unpaired) electrons. The maximum absolute atomic E-state index is 11.2. The number of nitro benzene ring substituents is 1. The molecule has 0 saturated heterocycles. The van der Waals surface area contributed by atoms with Crippen LogP contribution in [-0.4, -0.2) is 41.0 Å². The first-order chi connectivity index (χ1) is 9.20. The molecule has 20 heavy (non-hydrogen) atoms. The van der Waals surface area contributed by atoms with Gasteiger partial charge in [0.2, 0.25) is 0 Å². The zero-order valence-corrected chi connectivity index (χ0v) is 10.5. The van der Waals surface area contributed by atoms with Crippen molar-refractivity contribution in [2.45, 2.75) is 11.5 Å². The molecule has 0 aliphatic heterocycles. The van der Waals surface area contributed by atoms with Gasteiger partial charge in [-0.25, -0.2) is 0 Å². The predicted octanol–water partition coefficient (Wildman–Crippen LogP) is -0.0318. The van der Waals surface area contributed by atoms with Crippen LogP contribution in [0.25, 0.3) is 0 Å². The quantitative estimate of drug-likeness (QED) is 0.163. The molecule has 0 atom stereocenters. The predicted molar refractivity (Wildman–Crippen MR) is 62.0 cm³/mol. The van der Waals surface area contributed by atoms with E-state index in [9.17, 15) is 33.5 Å². The van der Waals surface area contributed by atoms with E-state index in [0.717, 1.165) is 0 Å². The fourth-order valence-corrected chi connectivity index (χ4v) is 2.27. The number of hydrogen-bond donors (Lipinski definition) is 3.